The van der Waals surface area contributed by atoms with Gasteiger partial charge < -0.3 is 15.0 Å². The van der Waals surface area contributed by atoms with Crippen LogP contribution in [0.15, 0.2) is 24.3 Å². The number of benzene rings is 1. The minimum atomic E-state index is -0.387. The molecule has 0 unspecified atom stereocenters. The Hall–Kier alpha value is -1.55. The van der Waals surface area contributed by atoms with Gasteiger partial charge in [-0.1, -0.05) is 25.1 Å². The molecule has 0 aromatic heterocycles. The highest BCUT2D eigenvalue weighted by Gasteiger charge is 2.28. The molecule has 1 aliphatic rings. The molecular formula is C17H26N2O2. The lowest BCUT2D eigenvalue weighted by atomic mass is 10.0. The zero-order chi connectivity index (χ0) is 15.2. The number of aryl methyl sites for hydroxylation is 1. The molecule has 116 valence electrons. The lowest BCUT2D eigenvalue weighted by Gasteiger charge is -2.34. The highest BCUT2D eigenvalue weighted by atomic mass is 16.5. The summed E-state index contributed by atoms with van der Waals surface area (Å²) in [6, 6.07) is 8.26. The van der Waals surface area contributed by atoms with E-state index in [2.05, 4.69) is 5.32 Å². The van der Waals surface area contributed by atoms with Crippen molar-refractivity contribution >= 4 is 5.91 Å². The number of nitrogens with one attached hydrogen (secondary N) is 1. The summed E-state index contributed by atoms with van der Waals surface area (Å²) in [6.45, 7) is 5.62. The number of ether oxygens (including phenoxy) is 1. The van der Waals surface area contributed by atoms with Gasteiger partial charge in [-0.05, 0) is 44.9 Å². The minimum Gasteiger partial charge on any atom is -0.480 e. The van der Waals surface area contributed by atoms with Gasteiger partial charge in [-0.2, -0.15) is 0 Å². The van der Waals surface area contributed by atoms with Crippen LogP contribution in [-0.4, -0.2) is 43.1 Å². The van der Waals surface area contributed by atoms with Crippen LogP contribution in [-0.2, 0) is 4.79 Å². The highest BCUT2D eigenvalue weighted by molar-refractivity contribution is 5.81. The summed E-state index contributed by atoms with van der Waals surface area (Å²) in [6.07, 6.45) is 2.49. The second kappa shape index (κ2) is 7.46. The van der Waals surface area contributed by atoms with Crippen molar-refractivity contribution in [3.8, 4) is 5.75 Å². The molecule has 1 N–H and O–H groups in total. The Bertz CT molecular complexity index is 476. The average molecular weight is 290 g/mol. The van der Waals surface area contributed by atoms with Crippen molar-refractivity contribution in [2.75, 3.05) is 20.1 Å². The fourth-order valence-corrected chi connectivity index (χ4v) is 2.77. The van der Waals surface area contributed by atoms with E-state index in [1.165, 1.54) is 0 Å². The number of likely N-dealkylation sites (tertiary alicyclic amines) is 1. The standard InChI is InChI=1S/C17H26N2O2/c1-4-15(21-16-10-6-5-8-13(16)2)17(20)19-11-7-9-14(12-19)18-3/h5-6,8,10,14-15,18H,4,7,9,11-12H2,1-3H3/t14-,15+/m0/s1. The van der Waals surface area contributed by atoms with Gasteiger partial charge in [0.2, 0.25) is 0 Å². The molecule has 0 aliphatic carbocycles. The number of hydrogen-bond acceptors (Lipinski definition) is 3. The van der Waals surface area contributed by atoms with E-state index in [0.717, 1.165) is 37.2 Å². The largest absolute Gasteiger partial charge is 0.480 e. The Balaban J connectivity index is 2.03. The highest BCUT2D eigenvalue weighted by Crippen LogP contribution is 2.20. The molecule has 1 heterocycles. The molecule has 1 fully saturated rings. The van der Waals surface area contributed by atoms with E-state index in [-0.39, 0.29) is 12.0 Å². The summed E-state index contributed by atoms with van der Waals surface area (Å²) < 4.78 is 5.97. The zero-order valence-corrected chi connectivity index (χ0v) is 13.3. The van der Waals surface area contributed by atoms with E-state index >= 15 is 0 Å². The van der Waals surface area contributed by atoms with Gasteiger partial charge in [0.25, 0.3) is 5.91 Å². The van der Waals surface area contributed by atoms with Crippen LogP contribution >= 0.6 is 0 Å². The van der Waals surface area contributed by atoms with E-state index in [1.54, 1.807) is 0 Å². The van der Waals surface area contributed by atoms with Crippen molar-refractivity contribution in [3.05, 3.63) is 29.8 Å². The van der Waals surface area contributed by atoms with Gasteiger partial charge >= 0.3 is 0 Å². The number of carbonyl (C=O) groups excluding carboxylic acids is 1. The van der Waals surface area contributed by atoms with Crippen molar-refractivity contribution in [1.29, 1.82) is 0 Å². The van der Waals surface area contributed by atoms with Crippen LogP contribution in [0.2, 0.25) is 0 Å². The molecule has 2 rings (SSSR count). The first-order valence-electron chi connectivity index (χ1n) is 7.84. The van der Waals surface area contributed by atoms with Crippen LogP contribution in [0, 0.1) is 6.92 Å². The van der Waals surface area contributed by atoms with Crippen molar-refractivity contribution in [3.63, 3.8) is 0 Å². The third-order valence-electron chi connectivity index (χ3n) is 4.15. The van der Waals surface area contributed by atoms with Gasteiger partial charge in [-0.3, -0.25) is 4.79 Å². The molecule has 1 saturated heterocycles. The third kappa shape index (κ3) is 3.97. The van der Waals surface area contributed by atoms with Gasteiger partial charge in [0, 0.05) is 19.1 Å². The first-order valence-corrected chi connectivity index (χ1v) is 7.84. The molecule has 1 amide bonds. The van der Waals surface area contributed by atoms with Gasteiger partial charge in [-0.25, -0.2) is 0 Å². The number of hydrogen-bond donors (Lipinski definition) is 1. The van der Waals surface area contributed by atoms with Crippen LogP contribution in [0.25, 0.3) is 0 Å². The quantitative estimate of drug-likeness (QED) is 0.905. The Morgan fingerprint density at radius 1 is 1.48 bits per heavy atom. The van der Waals surface area contributed by atoms with E-state index in [9.17, 15) is 4.79 Å². The van der Waals surface area contributed by atoms with Gasteiger partial charge in [0.05, 0.1) is 0 Å². The summed E-state index contributed by atoms with van der Waals surface area (Å²) in [4.78, 5) is 14.6. The molecule has 1 aromatic rings. The van der Waals surface area contributed by atoms with Crippen LogP contribution in [0.1, 0.15) is 31.7 Å². The number of nitrogens with zero attached hydrogens (tertiary/aromatic N) is 1. The summed E-state index contributed by atoms with van der Waals surface area (Å²) >= 11 is 0. The summed E-state index contributed by atoms with van der Waals surface area (Å²) in [5, 5.41) is 3.27. The second-order valence-corrected chi connectivity index (χ2v) is 5.69. The van der Waals surface area contributed by atoms with Crippen molar-refractivity contribution < 1.29 is 9.53 Å². The fraction of sp³-hybridized carbons (Fsp3) is 0.588. The van der Waals surface area contributed by atoms with Crippen LogP contribution < -0.4 is 10.1 Å². The Morgan fingerprint density at radius 2 is 2.24 bits per heavy atom. The molecule has 0 saturated carbocycles. The maximum atomic E-state index is 12.7. The minimum absolute atomic E-state index is 0.112. The predicted molar refractivity (Wildman–Crippen MR) is 84.5 cm³/mol. The monoisotopic (exact) mass is 290 g/mol. The smallest absolute Gasteiger partial charge is 0.263 e. The molecule has 0 bridgehead atoms. The van der Waals surface area contributed by atoms with Crippen molar-refractivity contribution in [1.82, 2.24) is 10.2 Å². The van der Waals surface area contributed by atoms with Crippen LogP contribution in [0.4, 0.5) is 0 Å². The Morgan fingerprint density at radius 3 is 2.90 bits per heavy atom. The maximum absolute atomic E-state index is 12.7. The topological polar surface area (TPSA) is 41.6 Å². The fourth-order valence-electron chi connectivity index (χ4n) is 2.77. The third-order valence-corrected chi connectivity index (χ3v) is 4.15. The first-order chi connectivity index (χ1) is 10.2. The number of carbonyl (C=O) groups is 1. The molecule has 0 spiro atoms. The summed E-state index contributed by atoms with van der Waals surface area (Å²) in [5.74, 6) is 0.917. The van der Waals surface area contributed by atoms with Crippen molar-refractivity contribution in [2.45, 2.75) is 45.3 Å². The van der Waals surface area contributed by atoms with E-state index in [1.807, 2.05) is 50.1 Å². The molecule has 4 heteroatoms. The van der Waals surface area contributed by atoms with Crippen LogP contribution in [0.3, 0.4) is 0 Å². The van der Waals surface area contributed by atoms with E-state index in [0.29, 0.717) is 12.5 Å². The second-order valence-electron chi connectivity index (χ2n) is 5.69. The molecule has 2 atom stereocenters. The van der Waals surface area contributed by atoms with Crippen LogP contribution in [0.5, 0.6) is 5.75 Å². The van der Waals surface area contributed by atoms with E-state index in [4.69, 9.17) is 4.74 Å². The average Bonchev–Trinajstić information content (AvgIpc) is 2.53. The summed E-state index contributed by atoms with van der Waals surface area (Å²) in [5.41, 5.74) is 1.07. The number of rotatable bonds is 5. The lowest BCUT2D eigenvalue weighted by molar-refractivity contribution is -0.140. The zero-order valence-electron chi connectivity index (χ0n) is 13.3. The van der Waals surface area contributed by atoms with E-state index < -0.39 is 0 Å². The molecule has 1 aromatic carbocycles. The molecular weight excluding hydrogens is 264 g/mol. The predicted octanol–water partition coefficient (Wildman–Crippen LogP) is 2.36. The van der Waals surface area contributed by atoms with Gasteiger partial charge in [0.15, 0.2) is 6.10 Å². The maximum Gasteiger partial charge on any atom is 0.263 e. The first kappa shape index (κ1) is 15.8. The normalized spacial score (nSPS) is 20.1. The number of piperidine rings is 1. The molecule has 0 radical (unpaired) electrons. The Labute approximate surface area is 127 Å². The van der Waals surface area contributed by atoms with Crippen molar-refractivity contribution in [2.24, 2.45) is 0 Å². The lowest BCUT2D eigenvalue weighted by Crippen LogP contribution is -2.51. The van der Waals surface area contributed by atoms with Gasteiger partial charge in [0.1, 0.15) is 5.75 Å². The molecule has 4 nitrogen and oxygen atoms in total. The molecule has 21 heavy (non-hydrogen) atoms. The number of para-hydroxylation sites is 1. The SMILES string of the molecule is CC[C@@H](Oc1ccccc1C)C(=O)N1CCC[C@H](NC)C1. The number of amides is 1. The number of likely N-dealkylation sites (N-methyl/N-ethyl adjacent to an activating group) is 1. The Kier molecular flexibility index (Phi) is 5.62. The molecule has 1 aliphatic heterocycles. The van der Waals surface area contributed by atoms with Gasteiger partial charge in [-0.15, -0.1) is 0 Å². The summed E-state index contributed by atoms with van der Waals surface area (Å²) in [7, 11) is 1.96.